The Morgan fingerprint density at radius 1 is 1.53 bits per heavy atom. The van der Waals surface area contributed by atoms with Gasteiger partial charge in [0.15, 0.2) is 5.75 Å². The van der Waals surface area contributed by atoms with Gasteiger partial charge < -0.3 is 4.74 Å². The quantitative estimate of drug-likeness (QED) is 0.624. The van der Waals surface area contributed by atoms with Gasteiger partial charge in [0.2, 0.25) is 0 Å². The van der Waals surface area contributed by atoms with E-state index in [1.165, 1.54) is 0 Å². The average molecular weight is 330 g/mol. The molecule has 1 heterocycles. The van der Waals surface area contributed by atoms with E-state index in [0.717, 1.165) is 12.1 Å². The first-order chi connectivity index (χ1) is 9.08. The van der Waals surface area contributed by atoms with Crippen molar-refractivity contribution in [2.45, 2.75) is 6.54 Å². The van der Waals surface area contributed by atoms with Gasteiger partial charge in [-0.2, -0.15) is 5.10 Å². The number of nitro benzene ring substituents is 1. The highest BCUT2D eigenvalue weighted by Crippen LogP contribution is 2.32. The predicted molar refractivity (Wildman–Crippen MR) is 68.5 cm³/mol. The molecule has 0 fully saturated rings. The summed E-state index contributed by atoms with van der Waals surface area (Å²) < 4.78 is 20.2. The third-order valence-electron chi connectivity index (χ3n) is 2.34. The van der Waals surface area contributed by atoms with Gasteiger partial charge in [0, 0.05) is 24.5 Å². The third-order valence-corrected chi connectivity index (χ3v) is 2.94. The minimum Gasteiger partial charge on any atom is -0.485 e. The summed E-state index contributed by atoms with van der Waals surface area (Å²) >= 11 is 2.90. The van der Waals surface area contributed by atoms with Crippen molar-refractivity contribution in [3.05, 3.63) is 51.0 Å². The summed E-state index contributed by atoms with van der Waals surface area (Å²) in [7, 11) is 0. The lowest BCUT2D eigenvalue weighted by Crippen LogP contribution is -2.09. The Kier molecular flexibility index (Phi) is 4.10. The van der Waals surface area contributed by atoms with E-state index in [1.807, 2.05) is 0 Å². The minimum absolute atomic E-state index is 0.0265. The fourth-order valence-corrected chi connectivity index (χ4v) is 1.79. The van der Waals surface area contributed by atoms with Gasteiger partial charge in [0.1, 0.15) is 12.4 Å². The SMILES string of the molecule is O=[N+]([O-])c1cc(Br)c(F)cc1OCCn1cccn1. The van der Waals surface area contributed by atoms with Crippen LogP contribution >= 0.6 is 15.9 Å². The van der Waals surface area contributed by atoms with Crippen molar-refractivity contribution in [1.29, 1.82) is 0 Å². The molecule has 0 spiro atoms. The van der Waals surface area contributed by atoms with Gasteiger partial charge in [-0.1, -0.05) is 0 Å². The zero-order chi connectivity index (χ0) is 13.8. The van der Waals surface area contributed by atoms with Crippen LogP contribution in [0.5, 0.6) is 5.75 Å². The van der Waals surface area contributed by atoms with Crippen LogP contribution in [0, 0.1) is 15.9 Å². The molecule has 8 heteroatoms. The molecule has 2 aromatic rings. The highest BCUT2D eigenvalue weighted by molar-refractivity contribution is 9.10. The van der Waals surface area contributed by atoms with Gasteiger partial charge in [-0.25, -0.2) is 4.39 Å². The van der Waals surface area contributed by atoms with Crippen LogP contribution in [0.1, 0.15) is 0 Å². The van der Waals surface area contributed by atoms with Crippen LogP contribution in [0.4, 0.5) is 10.1 Å². The number of rotatable bonds is 5. The highest BCUT2D eigenvalue weighted by Gasteiger charge is 2.18. The number of halogens is 2. The van der Waals surface area contributed by atoms with E-state index in [-0.39, 0.29) is 22.5 Å². The predicted octanol–water partition coefficient (Wildman–Crippen LogP) is 2.77. The molecule has 0 aliphatic rings. The lowest BCUT2D eigenvalue weighted by atomic mass is 10.3. The highest BCUT2D eigenvalue weighted by atomic mass is 79.9. The Morgan fingerprint density at radius 3 is 2.95 bits per heavy atom. The Bertz CT molecular complexity index is 589. The molecule has 100 valence electrons. The van der Waals surface area contributed by atoms with Gasteiger partial charge in [-0.05, 0) is 22.0 Å². The molecule has 6 nitrogen and oxygen atoms in total. The molecule has 19 heavy (non-hydrogen) atoms. The Balaban J connectivity index is 2.10. The zero-order valence-electron chi connectivity index (χ0n) is 9.62. The number of hydrogen-bond donors (Lipinski definition) is 0. The summed E-state index contributed by atoms with van der Waals surface area (Å²) in [4.78, 5) is 10.2. The molecule has 0 unspecified atom stereocenters. The van der Waals surface area contributed by atoms with E-state index in [9.17, 15) is 14.5 Å². The third kappa shape index (κ3) is 3.28. The maximum Gasteiger partial charge on any atom is 0.312 e. The number of benzene rings is 1. The fourth-order valence-electron chi connectivity index (χ4n) is 1.46. The number of aromatic nitrogens is 2. The maximum atomic E-state index is 13.4. The van der Waals surface area contributed by atoms with Gasteiger partial charge in [-0.15, -0.1) is 0 Å². The molecule has 0 bridgehead atoms. The molecule has 1 aromatic carbocycles. The molecule has 0 N–H and O–H groups in total. The maximum absolute atomic E-state index is 13.4. The number of nitrogens with zero attached hydrogens (tertiary/aromatic N) is 3. The smallest absolute Gasteiger partial charge is 0.312 e. The van der Waals surface area contributed by atoms with Crippen molar-refractivity contribution in [2.24, 2.45) is 0 Å². The second kappa shape index (κ2) is 5.79. The summed E-state index contributed by atoms with van der Waals surface area (Å²) in [6.45, 7) is 0.575. The van der Waals surface area contributed by atoms with Crippen molar-refractivity contribution in [1.82, 2.24) is 9.78 Å². The van der Waals surface area contributed by atoms with Crippen LogP contribution in [0.15, 0.2) is 35.1 Å². The first kappa shape index (κ1) is 13.5. The molecule has 0 amide bonds. The first-order valence-corrected chi connectivity index (χ1v) is 6.11. The molecular weight excluding hydrogens is 321 g/mol. The van der Waals surface area contributed by atoms with E-state index < -0.39 is 10.7 Å². The van der Waals surface area contributed by atoms with E-state index in [0.29, 0.717) is 6.54 Å². The fraction of sp³-hybridized carbons (Fsp3) is 0.182. The second-order valence-electron chi connectivity index (χ2n) is 3.61. The summed E-state index contributed by atoms with van der Waals surface area (Å²) in [6, 6.07) is 3.83. The van der Waals surface area contributed by atoms with Crippen LogP contribution in [-0.2, 0) is 6.54 Å². The van der Waals surface area contributed by atoms with Gasteiger partial charge >= 0.3 is 5.69 Å². The lowest BCUT2D eigenvalue weighted by Gasteiger charge is -2.07. The topological polar surface area (TPSA) is 70.2 Å². The molecule has 0 aliphatic carbocycles. The number of nitro groups is 1. The Hall–Kier alpha value is -1.96. The van der Waals surface area contributed by atoms with Crippen LogP contribution < -0.4 is 4.74 Å². The van der Waals surface area contributed by atoms with Crippen molar-refractivity contribution in [3.63, 3.8) is 0 Å². The number of hydrogen-bond acceptors (Lipinski definition) is 4. The van der Waals surface area contributed by atoms with E-state index >= 15 is 0 Å². The van der Waals surface area contributed by atoms with E-state index in [2.05, 4.69) is 21.0 Å². The van der Waals surface area contributed by atoms with Crippen LogP contribution in [0.3, 0.4) is 0 Å². The van der Waals surface area contributed by atoms with Gasteiger partial charge in [0.25, 0.3) is 0 Å². The van der Waals surface area contributed by atoms with Crippen LogP contribution in [0.25, 0.3) is 0 Å². The summed E-state index contributed by atoms with van der Waals surface area (Å²) in [6.07, 6.45) is 3.35. The molecule has 0 saturated heterocycles. The largest absolute Gasteiger partial charge is 0.485 e. The van der Waals surface area contributed by atoms with Crippen LogP contribution in [-0.4, -0.2) is 21.3 Å². The molecule has 0 saturated carbocycles. The number of ether oxygens (including phenoxy) is 1. The normalized spacial score (nSPS) is 10.4. The van der Waals surface area contributed by atoms with Crippen LogP contribution in [0.2, 0.25) is 0 Å². The molecule has 0 radical (unpaired) electrons. The summed E-state index contributed by atoms with van der Waals surface area (Å²) in [5.74, 6) is -0.711. The van der Waals surface area contributed by atoms with E-state index in [1.54, 1.807) is 23.1 Å². The van der Waals surface area contributed by atoms with Gasteiger partial charge in [-0.3, -0.25) is 14.8 Å². The monoisotopic (exact) mass is 329 g/mol. The van der Waals surface area contributed by atoms with Crippen molar-refractivity contribution in [3.8, 4) is 5.75 Å². The Labute approximate surface area is 116 Å². The standard InChI is InChI=1S/C11H9BrFN3O3/c12-8-6-10(16(17)18)11(7-9(8)13)19-5-4-15-3-1-2-14-15/h1-3,6-7H,4-5H2. The molecular formula is C11H9BrFN3O3. The second-order valence-corrected chi connectivity index (χ2v) is 4.46. The Morgan fingerprint density at radius 2 is 2.32 bits per heavy atom. The molecule has 2 rings (SSSR count). The van der Waals surface area contributed by atoms with E-state index in [4.69, 9.17) is 4.74 Å². The molecule has 0 aliphatic heterocycles. The summed E-state index contributed by atoms with van der Waals surface area (Å²) in [5.41, 5.74) is -0.284. The van der Waals surface area contributed by atoms with Crippen molar-refractivity contribution in [2.75, 3.05) is 6.61 Å². The molecule has 1 aromatic heterocycles. The van der Waals surface area contributed by atoms with Gasteiger partial charge in [0.05, 0.1) is 15.9 Å². The summed E-state index contributed by atoms with van der Waals surface area (Å²) in [5, 5.41) is 14.8. The zero-order valence-corrected chi connectivity index (χ0v) is 11.2. The lowest BCUT2D eigenvalue weighted by molar-refractivity contribution is -0.386. The first-order valence-electron chi connectivity index (χ1n) is 5.31. The van der Waals surface area contributed by atoms with Crippen molar-refractivity contribution < 1.29 is 14.1 Å². The average Bonchev–Trinajstić information content (AvgIpc) is 2.86. The van der Waals surface area contributed by atoms with Crippen molar-refractivity contribution >= 4 is 21.6 Å². The molecule has 0 atom stereocenters. The minimum atomic E-state index is -0.618.